The molecule has 0 bridgehead atoms. The fourth-order valence-corrected chi connectivity index (χ4v) is 2.51. The first-order valence-electron chi connectivity index (χ1n) is 7.03. The lowest BCUT2D eigenvalue weighted by Crippen LogP contribution is -2.43. The van der Waals surface area contributed by atoms with E-state index in [9.17, 15) is 0 Å². The number of aryl methyl sites for hydroxylation is 1. The fourth-order valence-electron chi connectivity index (χ4n) is 2.51. The highest BCUT2D eigenvalue weighted by Gasteiger charge is 2.17. The van der Waals surface area contributed by atoms with Crippen molar-refractivity contribution in [1.82, 2.24) is 20.4 Å². The first kappa shape index (κ1) is 13.5. The van der Waals surface area contributed by atoms with Gasteiger partial charge in [-0.3, -0.25) is 0 Å². The lowest BCUT2D eigenvalue weighted by Gasteiger charge is -2.32. The van der Waals surface area contributed by atoms with Gasteiger partial charge in [0.15, 0.2) is 5.82 Å². The quantitative estimate of drug-likeness (QED) is 0.829. The van der Waals surface area contributed by atoms with Crippen molar-refractivity contribution in [2.24, 2.45) is 0 Å². The Labute approximate surface area is 109 Å². The van der Waals surface area contributed by atoms with E-state index in [1.54, 1.807) is 0 Å². The van der Waals surface area contributed by atoms with Gasteiger partial charge in [0.25, 0.3) is 0 Å². The van der Waals surface area contributed by atoms with Gasteiger partial charge < -0.3 is 14.7 Å². The van der Waals surface area contributed by atoms with Crippen LogP contribution < -0.4 is 5.32 Å². The summed E-state index contributed by atoms with van der Waals surface area (Å²) in [5.41, 5.74) is 0. The van der Waals surface area contributed by atoms with Gasteiger partial charge >= 0.3 is 0 Å². The molecule has 1 aliphatic rings. The molecule has 1 fully saturated rings. The second kappa shape index (κ2) is 6.85. The van der Waals surface area contributed by atoms with E-state index in [1.165, 1.54) is 38.9 Å². The van der Waals surface area contributed by atoms with Gasteiger partial charge in [-0.25, -0.2) is 0 Å². The molecular formula is C13H24N4O. The van der Waals surface area contributed by atoms with Gasteiger partial charge in [0.2, 0.25) is 5.89 Å². The zero-order valence-electron chi connectivity index (χ0n) is 11.5. The third-order valence-corrected chi connectivity index (χ3v) is 3.48. The van der Waals surface area contributed by atoms with Crippen LogP contribution in [0.25, 0.3) is 0 Å². The summed E-state index contributed by atoms with van der Waals surface area (Å²) >= 11 is 0. The molecule has 102 valence electrons. The van der Waals surface area contributed by atoms with Crippen molar-refractivity contribution >= 4 is 0 Å². The number of rotatable bonds is 6. The molecule has 5 nitrogen and oxygen atoms in total. The number of piperidine rings is 1. The van der Waals surface area contributed by atoms with E-state index in [4.69, 9.17) is 4.52 Å². The van der Waals surface area contributed by atoms with Crippen molar-refractivity contribution < 1.29 is 4.52 Å². The Kier molecular flexibility index (Phi) is 5.13. The monoisotopic (exact) mass is 252 g/mol. The van der Waals surface area contributed by atoms with E-state index in [0.717, 1.165) is 18.8 Å². The van der Waals surface area contributed by atoms with Crippen molar-refractivity contribution in [2.45, 2.75) is 45.6 Å². The Balaban J connectivity index is 1.60. The third-order valence-electron chi connectivity index (χ3n) is 3.48. The molecule has 0 unspecified atom stereocenters. The molecule has 1 aromatic heterocycles. The van der Waals surface area contributed by atoms with Crippen LogP contribution in [-0.4, -0.2) is 47.3 Å². The number of hydrogen-bond acceptors (Lipinski definition) is 5. The van der Waals surface area contributed by atoms with Crippen LogP contribution >= 0.6 is 0 Å². The lowest BCUT2D eigenvalue weighted by molar-refractivity contribution is 0.198. The molecule has 1 N–H and O–H groups in total. The number of aromatic nitrogens is 2. The summed E-state index contributed by atoms with van der Waals surface area (Å²) in [6.45, 7) is 8.72. The molecule has 0 aliphatic carbocycles. The number of nitrogens with one attached hydrogen (secondary N) is 1. The molecule has 18 heavy (non-hydrogen) atoms. The summed E-state index contributed by atoms with van der Waals surface area (Å²) < 4.78 is 4.95. The number of hydrogen-bond donors (Lipinski definition) is 1. The maximum atomic E-state index is 4.95. The van der Waals surface area contributed by atoms with E-state index in [1.807, 2.05) is 6.92 Å². The van der Waals surface area contributed by atoms with Gasteiger partial charge in [0.05, 0.1) is 0 Å². The van der Waals surface area contributed by atoms with Crippen LogP contribution in [0.5, 0.6) is 0 Å². The van der Waals surface area contributed by atoms with Crippen LogP contribution in [0.1, 0.15) is 37.9 Å². The molecule has 1 aromatic rings. The second-order valence-corrected chi connectivity index (χ2v) is 5.05. The SMILES string of the molecule is CCCN1CCC(NCCc2noc(C)n2)CC1. The van der Waals surface area contributed by atoms with Gasteiger partial charge in [-0.15, -0.1) is 0 Å². The predicted octanol–water partition coefficient (Wildman–Crippen LogP) is 1.38. The van der Waals surface area contributed by atoms with E-state index < -0.39 is 0 Å². The molecule has 0 atom stereocenters. The van der Waals surface area contributed by atoms with Gasteiger partial charge in [-0.2, -0.15) is 4.98 Å². The Morgan fingerprint density at radius 3 is 2.78 bits per heavy atom. The average Bonchev–Trinajstić information content (AvgIpc) is 2.78. The summed E-state index contributed by atoms with van der Waals surface area (Å²) in [5.74, 6) is 1.46. The van der Waals surface area contributed by atoms with Crippen molar-refractivity contribution in [1.29, 1.82) is 0 Å². The Morgan fingerprint density at radius 2 is 2.17 bits per heavy atom. The largest absolute Gasteiger partial charge is 0.340 e. The molecule has 0 amide bonds. The normalized spacial score (nSPS) is 18.3. The first-order chi connectivity index (χ1) is 8.78. The number of nitrogens with zero attached hydrogens (tertiary/aromatic N) is 3. The highest BCUT2D eigenvalue weighted by atomic mass is 16.5. The minimum atomic E-state index is 0.651. The molecular weight excluding hydrogens is 228 g/mol. The van der Waals surface area contributed by atoms with Crippen LogP contribution in [-0.2, 0) is 6.42 Å². The molecule has 2 heterocycles. The Bertz CT molecular complexity index is 345. The zero-order valence-corrected chi connectivity index (χ0v) is 11.5. The molecule has 1 saturated heterocycles. The molecule has 0 aromatic carbocycles. The minimum Gasteiger partial charge on any atom is -0.340 e. The zero-order chi connectivity index (χ0) is 12.8. The first-order valence-corrected chi connectivity index (χ1v) is 7.03. The van der Waals surface area contributed by atoms with Crippen molar-refractivity contribution in [3.05, 3.63) is 11.7 Å². The molecule has 1 aliphatic heterocycles. The van der Waals surface area contributed by atoms with E-state index in [-0.39, 0.29) is 0 Å². The van der Waals surface area contributed by atoms with Crippen molar-refractivity contribution in [3.8, 4) is 0 Å². The highest BCUT2D eigenvalue weighted by Crippen LogP contribution is 2.10. The van der Waals surface area contributed by atoms with Crippen LogP contribution in [0, 0.1) is 6.92 Å². The van der Waals surface area contributed by atoms with Crippen LogP contribution in [0.3, 0.4) is 0 Å². The topological polar surface area (TPSA) is 54.2 Å². The standard InChI is InChI=1S/C13H24N4O/c1-3-8-17-9-5-12(6-10-17)14-7-4-13-15-11(2)18-16-13/h12,14H,3-10H2,1-2H3. The third kappa shape index (κ3) is 4.07. The Morgan fingerprint density at radius 1 is 1.39 bits per heavy atom. The molecule has 2 rings (SSSR count). The maximum Gasteiger partial charge on any atom is 0.223 e. The average molecular weight is 252 g/mol. The Hall–Kier alpha value is -0.940. The molecule has 0 saturated carbocycles. The highest BCUT2D eigenvalue weighted by molar-refractivity contribution is 4.85. The molecule has 0 spiro atoms. The van der Waals surface area contributed by atoms with E-state index in [2.05, 4.69) is 27.3 Å². The van der Waals surface area contributed by atoms with Gasteiger partial charge in [-0.1, -0.05) is 12.1 Å². The van der Waals surface area contributed by atoms with Crippen molar-refractivity contribution in [3.63, 3.8) is 0 Å². The van der Waals surface area contributed by atoms with Gasteiger partial charge in [0, 0.05) is 25.9 Å². The maximum absolute atomic E-state index is 4.95. The summed E-state index contributed by atoms with van der Waals surface area (Å²) in [4.78, 5) is 6.76. The predicted molar refractivity (Wildman–Crippen MR) is 70.5 cm³/mol. The smallest absolute Gasteiger partial charge is 0.223 e. The summed E-state index contributed by atoms with van der Waals surface area (Å²) in [5, 5.41) is 7.49. The van der Waals surface area contributed by atoms with E-state index >= 15 is 0 Å². The minimum absolute atomic E-state index is 0.651. The lowest BCUT2D eigenvalue weighted by atomic mass is 10.0. The van der Waals surface area contributed by atoms with Crippen LogP contribution in [0.15, 0.2) is 4.52 Å². The fraction of sp³-hybridized carbons (Fsp3) is 0.846. The second-order valence-electron chi connectivity index (χ2n) is 5.05. The van der Waals surface area contributed by atoms with Crippen molar-refractivity contribution in [2.75, 3.05) is 26.2 Å². The number of likely N-dealkylation sites (tertiary alicyclic amines) is 1. The van der Waals surface area contributed by atoms with Gasteiger partial charge in [0.1, 0.15) is 0 Å². The summed E-state index contributed by atoms with van der Waals surface area (Å²) in [7, 11) is 0. The molecule has 5 heteroatoms. The van der Waals surface area contributed by atoms with E-state index in [0.29, 0.717) is 11.9 Å². The molecule has 0 radical (unpaired) electrons. The summed E-state index contributed by atoms with van der Waals surface area (Å²) in [6, 6.07) is 0.658. The van der Waals surface area contributed by atoms with Crippen LogP contribution in [0.4, 0.5) is 0 Å². The summed E-state index contributed by atoms with van der Waals surface area (Å²) in [6.07, 6.45) is 4.62. The van der Waals surface area contributed by atoms with Gasteiger partial charge in [-0.05, 0) is 38.9 Å². The van der Waals surface area contributed by atoms with Crippen LogP contribution in [0.2, 0.25) is 0 Å².